The van der Waals surface area contributed by atoms with Crippen LogP contribution in [0.2, 0.25) is 5.15 Å². The minimum atomic E-state index is 0.207. The Hall–Kier alpha value is -1.29. The van der Waals surface area contributed by atoms with Gasteiger partial charge >= 0.3 is 0 Å². The Morgan fingerprint density at radius 2 is 2.25 bits per heavy atom. The molecule has 0 bridgehead atoms. The van der Waals surface area contributed by atoms with Gasteiger partial charge in [-0.1, -0.05) is 11.6 Å². The maximum Gasteiger partial charge on any atom is 0.222 e. The summed E-state index contributed by atoms with van der Waals surface area (Å²) in [4.78, 5) is 7.86. The molecule has 2 aromatic rings. The van der Waals surface area contributed by atoms with E-state index in [1.54, 1.807) is 0 Å². The van der Waals surface area contributed by atoms with E-state index in [0.717, 1.165) is 11.0 Å². The number of fused-ring (bicyclic) bond motifs is 1. The number of halogens is 1. The summed E-state index contributed by atoms with van der Waals surface area (Å²) in [6.07, 6.45) is 1.87. The molecule has 62 valence electrons. The van der Waals surface area contributed by atoms with Crippen LogP contribution < -0.4 is 5.73 Å². The Morgan fingerprint density at radius 3 is 3.00 bits per heavy atom. The molecule has 0 unspecified atom stereocenters. The highest BCUT2D eigenvalue weighted by atomic mass is 35.5. The van der Waals surface area contributed by atoms with Crippen molar-refractivity contribution in [1.82, 2.24) is 14.5 Å². The minimum absolute atomic E-state index is 0.207. The topological polar surface area (TPSA) is 56.7 Å². The first-order chi connectivity index (χ1) is 5.68. The molecule has 0 aliphatic heterocycles. The summed E-state index contributed by atoms with van der Waals surface area (Å²) in [5.41, 5.74) is 7.00. The van der Waals surface area contributed by atoms with Crippen molar-refractivity contribution >= 4 is 28.6 Å². The zero-order valence-corrected chi connectivity index (χ0v) is 7.21. The van der Waals surface area contributed by atoms with E-state index in [9.17, 15) is 0 Å². The molecule has 2 rings (SSSR count). The SMILES string of the molecule is Cn1ccc2nc(N)nc(Cl)c21. The molecular weight excluding hydrogens is 176 g/mol. The third-order valence-corrected chi connectivity index (χ3v) is 1.96. The average molecular weight is 183 g/mol. The molecule has 4 nitrogen and oxygen atoms in total. The monoisotopic (exact) mass is 182 g/mol. The molecule has 2 N–H and O–H groups in total. The van der Waals surface area contributed by atoms with Crippen LogP contribution in [0.1, 0.15) is 0 Å². The molecule has 0 saturated carbocycles. The van der Waals surface area contributed by atoms with Gasteiger partial charge in [-0.3, -0.25) is 0 Å². The standard InChI is InChI=1S/C7H7ClN4/c1-12-3-2-4-5(12)6(8)11-7(9)10-4/h2-3H,1H3,(H2,9,10,11). The lowest BCUT2D eigenvalue weighted by Crippen LogP contribution is -1.96. The van der Waals surface area contributed by atoms with Gasteiger partial charge < -0.3 is 10.3 Å². The third-order valence-electron chi connectivity index (χ3n) is 1.69. The van der Waals surface area contributed by atoms with Crippen LogP contribution in [-0.4, -0.2) is 14.5 Å². The van der Waals surface area contributed by atoms with Gasteiger partial charge in [0.05, 0.1) is 5.52 Å². The Morgan fingerprint density at radius 1 is 1.50 bits per heavy atom. The summed E-state index contributed by atoms with van der Waals surface area (Å²) in [7, 11) is 1.88. The molecule has 2 heterocycles. The second-order valence-corrected chi connectivity index (χ2v) is 2.89. The number of nitrogens with two attached hydrogens (primary N) is 1. The van der Waals surface area contributed by atoms with E-state index in [-0.39, 0.29) is 5.95 Å². The summed E-state index contributed by atoms with van der Waals surface area (Å²) in [5, 5.41) is 0.394. The van der Waals surface area contributed by atoms with Crippen LogP contribution in [0.25, 0.3) is 11.0 Å². The molecule has 0 saturated heterocycles. The number of rotatable bonds is 0. The molecule has 5 heteroatoms. The molecule has 0 fully saturated rings. The second kappa shape index (κ2) is 2.35. The van der Waals surface area contributed by atoms with E-state index in [2.05, 4.69) is 9.97 Å². The normalized spacial score (nSPS) is 10.8. The van der Waals surface area contributed by atoms with Crippen LogP contribution >= 0.6 is 11.6 Å². The molecule has 2 aromatic heterocycles. The van der Waals surface area contributed by atoms with Gasteiger partial charge in [-0.25, -0.2) is 4.98 Å². The van der Waals surface area contributed by atoms with Gasteiger partial charge in [-0.2, -0.15) is 4.98 Å². The van der Waals surface area contributed by atoms with Crippen molar-refractivity contribution in [3.8, 4) is 0 Å². The summed E-state index contributed by atoms with van der Waals surface area (Å²) in [5.74, 6) is 0.207. The predicted octanol–water partition coefficient (Wildman–Crippen LogP) is 1.20. The van der Waals surface area contributed by atoms with Crippen LogP contribution in [0.15, 0.2) is 12.3 Å². The minimum Gasteiger partial charge on any atom is -0.368 e. The molecular formula is C7H7ClN4. The van der Waals surface area contributed by atoms with E-state index in [1.165, 1.54) is 0 Å². The number of anilines is 1. The average Bonchev–Trinajstić information content (AvgIpc) is 2.31. The highest BCUT2D eigenvalue weighted by Gasteiger charge is 2.06. The lowest BCUT2D eigenvalue weighted by atomic mass is 10.5. The van der Waals surface area contributed by atoms with Crippen LogP contribution in [0.3, 0.4) is 0 Å². The number of hydrogen-bond donors (Lipinski definition) is 1. The fourth-order valence-electron chi connectivity index (χ4n) is 1.16. The fraction of sp³-hybridized carbons (Fsp3) is 0.143. The quantitative estimate of drug-likeness (QED) is 0.623. The predicted molar refractivity (Wildman–Crippen MR) is 47.9 cm³/mol. The van der Waals surface area contributed by atoms with Crippen molar-refractivity contribution in [1.29, 1.82) is 0 Å². The molecule has 12 heavy (non-hydrogen) atoms. The van der Waals surface area contributed by atoms with Gasteiger partial charge in [0.1, 0.15) is 5.52 Å². The number of nitrogens with zero attached hydrogens (tertiary/aromatic N) is 3. The maximum absolute atomic E-state index is 5.86. The number of nitrogen functional groups attached to an aromatic ring is 1. The van der Waals surface area contributed by atoms with Crippen molar-refractivity contribution in [2.75, 3.05) is 5.73 Å². The molecule has 0 radical (unpaired) electrons. The summed E-state index contributed by atoms with van der Waals surface area (Å²) >= 11 is 5.86. The van der Waals surface area contributed by atoms with Gasteiger partial charge in [0.25, 0.3) is 0 Å². The zero-order valence-electron chi connectivity index (χ0n) is 6.45. The molecule has 0 atom stereocenters. The molecule has 0 spiro atoms. The Balaban J connectivity index is 2.93. The summed E-state index contributed by atoms with van der Waals surface area (Å²) < 4.78 is 1.86. The van der Waals surface area contributed by atoms with Crippen LogP contribution in [0, 0.1) is 0 Å². The van der Waals surface area contributed by atoms with E-state index >= 15 is 0 Å². The molecule has 0 aliphatic carbocycles. The second-order valence-electron chi connectivity index (χ2n) is 2.53. The first-order valence-electron chi connectivity index (χ1n) is 3.42. The smallest absolute Gasteiger partial charge is 0.222 e. The molecule has 0 aliphatic rings. The van der Waals surface area contributed by atoms with Gasteiger partial charge in [0.15, 0.2) is 5.15 Å². The highest BCUT2D eigenvalue weighted by Crippen LogP contribution is 2.20. The fourth-order valence-corrected chi connectivity index (χ4v) is 1.48. The first-order valence-corrected chi connectivity index (χ1v) is 3.80. The maximum atomic E-state index is 5.86. The Kier molecular flexibility index (Phi) is 1.44. The van der Waals surface area contributed by atoms with Crippen molar-refractivity contribution < 1.29 is 0 Å². The zero-order chi connectivity index (χ0) is 8.72. The van der Waals surface area contributed by atoms with E-state index in [0.29, 0.717) is 5.15 Å². The number of hydrogen-bond acceptors (Lipinski definition) is 3. The first kappa shape index (κ1) is 7.36. The Bertz CT molecular complexity index is 434. The lowest BCUT2D eigenvalue weighted by molar-refractivity contribution is 0.963. The van der Waals surface area contributed by atoms with Gasteiger partial charge in [0.2, 0.25) is 5.95 Å². The van der Waals surface area contributed by atoms with E-state index in [4.69, 9.17) is 17.3 Å². The van der Waals surface area contributed by atoms with E-state index < -0.39 is 0 Å². The largest absolute Gasteiger partial charge is 0.368 e. The molecule has 0 aromatic carbocycles. The van der Waals surface area contributed by atoms with Crippen LogP contribution in [0.5, 0.6) is 0 Å². The number of aromatic nitrogens is 3. The van der Waals surface area contributed by atoms with Crippen molar-refractivity contribution in [3.63, 3.8) is 0 Å². The number of aryl methyl sites for hydroxylation is 1. The van der Waals surface area contributed by atoms with Gasteiger partial charge in [-0.15, -0.1) is 0 Å². The summed E-state index contributed by atoms with van der Waals surface area (Å²) in [6.45, 7) is 0. The van der Waals surface area contributed by atoms with Crippen molar-refractivity contribution in [2.45, 2.75) is 0 Å². The van der Waals surface area contributed by atoms with E-state index in [1.807, 2.05) is 23.9 Å². The van der Waals surface area contributed by atoms with Crippen molar-refractivity contribution in [3.05, 3.63) is 17.4 Å². The van der Waals surface area contributed by atoms with Crippen molar-refractivity contribution in [2.24, 2.45) is 7.05 Å². The highest BCUT2D eigenvalue weighted by molar-refractivity contribution is 6.33. The van der Waals surface area contributed by atoms with Crippen LogP contribution in [0.4, 0.5) is 5.95 Å². The van der Waals surface area contributed by atoms with Gasteiger partial charge in [0, 0.05) is 13.2 Å². The third kappa shape index (κ3) is 0.921. The lowest BCUT2D eigenvalue weighted by Gasteiger charge is -1.98. The Labute approximate surface area is 74.0 Å². The van der Waals surface area contributed by atoms with Gasteiger partial charge in [-0.05, 0) is 6.07 Å². The summed E-state index contributed by atoms with van der Waals surface area (Å²) in [6, 6.07) is 1.85. The van der Waals surface area contributed by atoms with Crippen LogP contribution in [-0.2, 0) is 7.05 Å². The molecule has 0 amide bonds.